The number of benzene rings is 2. The molecule has 0 bridgehead atoms. The number of carbonyl (C=O) groups excluding carboxylic acids is 2. The molecule has 7 nitrogen and oxygen atoms in total. The van der Waals surface area contributed by atoms with E-state index in [9.17, 15) is 15.1 Å². The van der Waals surface area contributed by atoms with Crippen LogP contribution in [0.15, 0.2) is 54.6 Å². The Morgan fingerprint density at radius 1 is 1.19 bits per heavy atom. The Balaban J connectivity index is 1.96. The minimum atomic E-state index is -0.744. The zero-order chi connectivity index (χ0) is 19.2. The number of hydrazine groups is 1. The highest BCUT2D eigenvalue weighted by Gasteiger charge is 2.42. The molecule has 0 saturated heterocycles. The monoisotopic (exact) mass is 364 g/mol. The van der Waals surface area contributed by atoms with Crippen LogP contribution < -0.4 is 5.43 Å². The summed E-state index contributed by atoms with van der Waals surface area (Å²) < 4.78 is 5.03. The Labute approximate surface area is 157 Å². The number of nitrogens with zero attached hydrogens (tertiary/aromatic N) is 3. The molecule has 1 heterocycles. The van der Waals surface area contributed by atoms with Crippen molar-refractivity contribution in [3.8, 4) is 0 Å². The van der Waals surface area contributed by atoms with Crippen LogP contribution in [-0.2, 0) is 16.0 Å². The van der Waals surface area contributed by atoms with E-state index in [1.54, 1.807) is 36.2 Å². The lowest BCUT2D eigenvalue weighted by atomic mass is 9.91. The standard InChI is InChI=1S/C20H20N4O3/c1-2-27-20(26)17(22-21)18-16-11-7-6-8-14(16)12-13-24(18)23-19(25)15-9-4-3-5-10-15/h3-11,18H,2,12-13H2,1H3,(H,23,25). The third kappa shape index (κ3) is 3.95. The van der Waals surface area contributed by atoms with E-state index >= 15 is 0 Å². The lowest BCUT2D eigenvalue weighted by Gasteiger charge is -2.34. The van der Waals surface area contributed by atoms with Gasteiger partial charge in [0.1, 0.15) is 0 Å². The quantitative estimate of drug-likeness (QED) is 0.381. The average Bonchev–Trinajstić information content (AvgIpc) is 2.70. The zero-order valence-corrected chi connectivity index (χ0v) is 15.0. The van der Waals surface area contributed by atoms with Crippen molar-refractivity contribution in [1.29, 1.82) is 0 Å². The Morgan fingerprint density at radius 2 is 1.89 bits per heavy atom. The molecule has 1 atom stereocenters. The van der Waals surface area contributed by atoms with Gasteiger partial charge in [0, 0.05) is 12.1 Å². The molecule has 2 aromatic rings. The molecule has 1 aliphatic heterocycles. The number of esters is 1. The van der Waals surface area contributed by atoms with Gasteiger partial charge in [-0.2, -0.15) is 4.79 Å². The van der Waals surface area contributed by atoms with Crippen molar-refractivity contribution in [2.24, 2.45) is 0 Å². The lowest BCUT2D eigenvalue weighted by molar-refractivity contribution is -0.141. The summed E-state index contributed by atoms with van der Waals surface area (Å²) in [6, 6.07) is 15.6. The van der Waals surface area contributed by atoms with E-state index in [1.807, 2.05) is 30.3 Å². The van der Waals surface area contributed by atoms with Gasteiger partial charge in [-0.1, -0.05) is 42.5 Å². The number of nitrogens with one attached hydrogen (secondary N) is 1. The van der Waals surface area contributed by atoms with Crippen LogP contribution in [0.25, 0.3) is 5.53 Å². The summed E-state index contributed by atoms with van der Waals surface area (Å²) in [5, 5.41) is 1.61. The Morgan fingerprint density at radius 3 is 2.59 bits per heavy atom. The molecular formula is C20H20N4O3. The van der Waals surface area contributed by atoms with Gasteiger partial charge in [0.05, 0.1) is 6.61 Å². The third-order valence-electron chi connectivity index (χ3n) is 4.42. The molecule has 27 heavy (non-hydrogen) atoms. The third-order valence-corrected chi connectivity index (χ3v) is 4.42. The van der Waals surface area contributed by atoms with Crippen molar-refractivity contribution in [1.82, 2.24) is 10.4 Å². The first kappa shape index (κ1) is 18.5. The van der Waals surface area contributed by atoms with Gasteiger partial charge in [-0.15, -0.1) is 0 Å². The molecule has 0 spiro atoms. The molecule has 1 N–H and O–H groups in total. The summed E-state index contributed by atoms with van der Waals surface area (Å²) in [6.45, 7) is 2.29. The Kier molecular flexibility index (Phi) is 5.76. The minimum absolute atomic E-state index is 0.155. The van der Waals surface area contributed by atoms with Gasteiger partial charge in [0.25, 0.3) is 5.91 Å². The fourth-order valence-corrected chi connectivity index (χ4v) is 3.18. The van der Waals surface area contributed by atoms with E-state index in [0.717, 1.165) is 11.1 Å². The summed E-state index contributed by atoms with van der Waals surface area (Å²) in [5.41, 5.74) is 14.5. The summed E-state index contributed by atoms with van der Waals surface area (Å²) in [4.78, 5) is 28.1. The van der Waals surface area contributed by atoms with Crippen LogP contribution in [0.1, 0.15) is 34.5 Å². The molecule has 138 valence electrons. The first-order valence-corrected chi connectivity index (χ1v) is 8.75. The minimum Gasteiger partial charge on any atom is -0.457 e. The van der Waals surface area contributed by atoms with Crippen molar-refractivity contribution in [2.75, 3.05) is 13.2 Å². The van der Waals surface area contributed by atoms with Gasteiger partial charge in [-0.25, -0.2) is 9.80 Å². The number of hydrogen-bond donors (Lipinski definition) is 1. The van der Waals surface area contributed by atoms with Crippen LogP contribution in [0.3, 0.4) is 0 Å². The van der Waals surface area contributed by atoms with Crippen molar-refractivity contribution in [3.63, 3.8) is 0 Å². The second-order valence-corrected chi connectivity index (χ2v) is 6.06. The zero-order valence-electron chi connectivity index (χ0n) is 15.0. The van der Waals surface area contributed by atoms with Gasteiger partial charge in [0.15, 0.2) is 6.04 Å². The predicted octanol–water partition coefficient (Wildman–Crippen LogP) is 2.16. The van der Waals surface area contributed by atoms with Gasteiger partial charge in [0.2, 0.25) is 0 Å². The Bertz CT molecular complexity index is 891. The molecule has 2 aromatic carbocycles. The van der Waals surface area contributed by atoms with E-state index in [4.69, 9.17) is 4.74 Å². The fraction of sp³-hybridized carbons (Fsp3) is 0.250. The molecule has 0 saturated carbocycles. The molecule has 1 aliphatic rings. The van der Waals surface area contributed by atoms with E-state index in [2.05, 4.69) is 10.2 Å². The molecule has 0 fully saturated rings. The summed E-state index contributed by atoms with van der Waals surface area (Å²) in [7, 11) is 0. The maximum absolute atomic E-state index is 12.6. The number of rotatable bonds is 5. The fourth-order valence-electron chi connectivity index (χ4n) is 3.18. The lowest BCUT2D eigenvalue weighted by Crippen LogP contribution is -2.52. The summed E-state index contributed by atoms with van der Waals surface area (Å²) in [5.74, 6) is -1.03. The van der Waals surface area contributed by atoms with Crippen molar-refractivity contribution in [3.05, 3.63) is 76.8 Å². The number of hydrogen-bond acceptors (Lipinski definition) is 4. The van der Waals surface area contributed by atoms with Gasteiger partial charge in [-0.05, 0) is 36.6 Å². The molecule has 0 aromatic heterocycles. The second kappa shape index (κ2) is 8.40. The molecule has 0 aliphatic carbocycles. The van der Waals surface area contributed by atoms with E-state index < -0.39 is 12.0 Å². The van der Waals surface area contributed by atoms with Gasteiger partial charge in [-0.3, -0.25) is 10.2 Å². The van der Waals surface area contributed by atoms with Crippen LogP contribution in [0.5, 0.6) is 0 Å². The SMILES string of the molecule is CCOC(=O)C(=[N+]=[N-])C1c2ccccc2CCN1NC(=O)c1ccccc1. The van der Waals surface area contributed by atoms with Gasteiger partial charge >= 0.3 is 11.7 Å². The maximum Gasteiger partial charge on any atom is 0.419 e. The number of carbonyl (C=O) groups is 2. The van der Waals surface area contributed by atoms with Gasteiger partial charge < -0.3 is 10.3 Å². The number of amides is 1. The highest BCUT2D eigenvalue weighted by molar-refractivity contribution is 6.36. The van der Waals surface area contributed by atoms with E-state index in [-0.39, 0.29) is 18.2 Å². The predicted molar refractivity (Wildman–Crippen MR) is 98.8 cm³/mol. The van der Waals surface area contributed by atoms with Crippen LogP contribution in [0.2, 0.25) is 0 Å². The largest absolute Gasteiger partial charge is 0.457 e. The van der Waals surface area contributed by atoms with Crippen LogP contribution in [0.4, 0.5) is 0 Å². The average molecular weight is 364 g/mol. The van der Waals surface area contributed by atoms with E-state index in [1.165, 1.54) is 0 Å². The molecular weight excluding hydrogens is 344 g/mol. The normalized spacial score (nSPS) is 16.0. The number of fused-ring (bicyclic) bond motifs is 1. The van der Waals surface area contributed by atoms with E-state index in [0.29, 0.717) is 18.5 Å². The summed E-state index contributed by atoms with van der Waals surface area (Å²) in [6.07, 6.45) is 0.684. The van der Waals surface area contributed by atoms with Crippen LogP contribution in [-0.4, -0.2) is 40.5 Å². The molecule has 7 heteroatoms. The smallest absolute Gasteiger partial charge is 0.419 e. The second-order valence-electron chi connectivity index (χ2n) is 6.06. The molecule has 1 unspecified atom stereocenters. The van der Waals surface area contributed by atoms with Crippen molar-refractivity contribution >= 4 is 17.6 Å². The molecule has 0 radical (unpaired) electrons. The first-order valence-electron chi connectivity index (χ1n) is 8.75. The topological polar surface area (TPSA) is 95.0 Å². The summed E-state index contributed by atoms with van der Waals surface area (Å²) >= 11 is 0. The molecule has 3 rings (SSSR count). The molecule has 1 amide bonds. The maximum atomic E-state index is 12.6. The Hall–Kier alpha value is -3.28. The van der Waals surface area contributed by atoms with Crippen molar-refractivity contribution in [2.45, 2.75) is 19.4 Å². The van der Waals surface area contributed by atoms with Crippen molar-refractivity contribution < 1.29 is 19.1 Å². The van der Waals surface area contributed by atoms with Crippen LogP contribution in [0, 0.1) is 0 Å². The highest BCUT2D eigenvalue weighted by atomic mass is 16.5. The highest BCUT2D eigenvalue weighted by Crippen LogP contribution is 2.29. The first-order chi connectivity index (χ1) is 13.2. The van der Waals surface area contributed by atoms with Crippen LogP contribution >= 0.6 is 0 Å². The number of ether oxygens (including phenoxy) is 1.